The maximum atomic E-state index is 13.7. The zero-order valence-electron chi connectivity index (χ0n) is 18.4. The first kappa shape index (κ1) is 21.7. The summed E-state index contributed by atoms with van der Waals surface area (Å²) in [5.41, 5.74) is 3.54. The Hall–Kier alpha value is -2.80. The molecule has 2 aromatic carbocycles. The smallest absolute Gasteiger partial charge is 0.278 e. The molecule has 3 aliphatic rings. The van der Waals surface area contributed by atoms with Gasteiger partial charge in [0.15, 0.2) is 5.69 Å². The Morgan fingerprint density at radius 3 is 2.65 bits per heavy atom. The average molecular weight is 494 g/mol. The third kappa shape index (κ3) is 3.35. The van der Waals surface area contributed by atoms with Crippen LogP contribution in [0.25, 0.3) is 0 Å². The number of benzene rings is 2. The molecule has 1 fully saturated rings. The molecule has 0 radical (unpaired) electrons. The van der Waals surface area contributed by atoms with Crippen LogP contribution in [-0.2, 0) is 10.5 Å². The summed E-state index contributed by atoms with van der Waals surface area (Å²) in [6, 6.07) is 18.2. The molecule has 0 bridgehead atoms. The van der Waals surface area contributed by atoms with Crippen molar-refractivity contribution in [2.75, 3.05) is 24.8 Å². The topological polar surface area (TPSA) is 64.0 Å². The Kier molecular flexibility index (Phi) is 5.60. The van der Waals surface area contributed by atoms with E-state index in [9.17, 15) is 9.59 Å². The second-order valence-electron chi connectivity index (χ2n) is 8.51. The standard InChI is InChI=1S/C25H24N3O4PS/c29-19-9-11-27-23(24(19)32-33)25(30)26-12-14-31-13-10-21(26)28(27)22-17-6-2-1-5-16(17)15-34-20-8-4-3-7-18(20)22/h1-9,11,21-22H,10,12-15,33H2/t21-,22+/m1/s1. The second-order valence-corrected chi connectivity index (χ2v) is 9.76. The molecule has 1 aromatic heterocycles. The first-order chi connectivity index (χ1) is 16.7. The molecule has 1 amide bonds. The lowest BCUT2D eigenvalue weighted by Gasteiger charge is -2.49. The SMILES string of the molecule is O=C1c2c(OP)c(=O)ccn2N([C@H]2c3ccccc3CSc3ccccc32)[C@@H]2CCOCCN12. The molecule has 1 unspecified atom stereocenters. The quantitative estimate of drug-likeness (QED) is 0.509. The zero-order chi connectivity index (χ0) is 23.2. The van der Waals surface area contributed by atoms with Crippen molar-refractivity contribution in [1.82, 2.24) is 9.58 Å². The number of thioether (sulfide) groups is 1. The Labute approximate surface area is 203 Å². The number of aromatic nitrogens is 1. The van der Waals surface area contributed by atoms with Gasteiger partial charge in [0, 0.05) is 35.9 Å². The highest BCUT2D eigenvalue weighted by atomic mass is 32.2. The van der Waals surface area contributed by atoms with Crippen LogP contribution in [0.1, 0.15) is 39.6 Å². The van der Waals surface area contributed by atoms with E-state index in [1.807, 2.05) is 21.3 Å². The van der Waals surface area contributed by atoms with Crippen LogP contribution in [0.4, 0.5) is 0 Å². The van der Waals surface area contributed by atoms with Crippen LogP contribution in [0.5, 0.6) is 5.75 Å². The number of nitrogens with zero attached hydrogens (tertiary/aromatic N) is 3. The van der Waals surface area contributed by atoms with Gasteiger partial charge >= 0.3 is 0 Å². The Morgan fingerprint density at radius 2 is 1.79 bits per heavy atom. The highest BCUT2D eigenvalue weighted by molar-refractivity contribution is 7.98. The Balaban J connectivity index is 1.66. The summed E-state index contributed by atoms with van der Waals surface area (Å²) in [4.78, 5) is 29.4. The van der Waals surface area contributed by atoms with Gasteiger partial charge in [0.2, 0.25) is 11.2 Å². The maximum absolute atomic E-state index is 13.7. The number of carbonyl (C=O) groups is 1. The summed E-state index contributed by atoms with van der Waals surface area (Å²) in [5, 5.41) is 2.24. The summed E-state index contributed by atoms with van der Waals surface area (Å²) in [7, 11) is 2.12. The van der Waals surface area contributed by atoms with E-state index in [0.717, 1.165) is 5.75 Å². The molecule has 7 nitrogen and oxygen atoms in total. The van der Waals surface area contributed by atoms with Gasteiger partial charge in [-0.05, 0) is 22.8 Å². The number of ether oxygens (including phenoxy) is 1. The number of carbonyl (C=O) groups excluding carboxylic acids is 1. The van der Waals surface area contributed by atoms with Crippen LogP contribution in [-0.4, -0.2) is 41.4 Å². The van der Waals surface area contributed by atoms with E-state index in [4.69, 9.17) is 9.26 Å². The van der Waals surface area contributed by atoms with Crippen LogP contribution >= 0.6 is 21.2 Å². The van der Waals surface area contributed by atoms with Gasteiger partial charge in [0.05, 0.1) is 28.7 Å². The molecule has 4 heterocycles. The maximum Gasteiger partial charge on any atom is 0.278 e. The van der Waals surface area contributed by atoms with E-state index in [1.54, 1.807) is 6.20 Å². The van der Waals surface area contributed by atoms with E-state index in [2.05, 4.69) is 63.0 Å². The summed E-state index contributed by atoms with van der Waals surface area (Å²) < 4.78 is 13.0. The normalized spacial score (nSPS) is 21.5. The van der Waals surface area contributed by atoms with Crippen molar-refractivity contribution in [3.8, 4) is 5.75 Å². The molecule has 0 saturated carbocycles. The minimum absolute atomic E-state index is 0.0377. The van der Waals surface area contributed by atoms with Crippen LogP contribution in [0.15, 0.2) is 70.5 Å². The number of hydrogen-bond donors (Lipinski definition) is 0. The number of pyridine rings is 1. The van der Waals surface area contributed by atoms with Gasteiger partial charge in [-0.15, -0.1) is 11.8 Å². The van der Waals surface area contributed by atoms with E-state index in [1.165, 1.54) is 27.7 Å². The number of hydrogen-bond acceptors (Lipinski definition) is 6. The summed E-state index contributed by atoms with van der Waals surface area (Å²) in [5.74, 6) is 0.687. The Bertz CT molecular complexity index is 1280. The molecule has 1 saturated heterocycles. The lowest BCUT2D eigenvalue weighted by atomic mass is 9.93. The van der Waals surface area contributed by atoms with Crippen molar-refractivity contribution in [2.45, 2.75) is 29.3 Å². The van der Waals surface area contributed by atoms with Crippen LogP contribution in [0.2, 0.25) is 0 Å². The van der Waals surface area contributed by atoms with Gasteiger partial charge in [0.25, 0.3) is 5.91 Å². The average Bonchev–Trinajstić information content (AvgIpc) is 3.20. The molecule has 3 aliphatic heterocycles. The highest BCUT2D eigenvalue weighted by Gasteiger charge is 2.45. The fourth-order valence-corrected chi connectivity index (χ4v) is 6.56. The molecule has 3 aromatic rings. The van der Waals surface area contributed by atoms with Crippen molar-refractivity contribution in [3.05, 3.63) is 93.4 Å². The summed E-state index contributed by atoms with van der Waals surface area (Å²) >= 11 is 1.83. The van der Waals surface area contributed by atoms with Crippen molar-refractivity contribution < 1.29 is 14.1 Å². The lowest BCUT2D eigenvalue weighted by molar-refractivity contribution is 0.0559. The van der Waals surface area contributed by atoms with Gasteiger partial charge in [-0.25, -0.2) is 0 Å². The molecular formula is C25H24N3O4PS. The monoisotopic (exact) mass is 493 g/mol. The molecule has 0 N–H and O–H groups in total. The second kappa shape index (κ2) is 8.77. The van der Waals surface area contributed by atoms with E-state index in [0.29, 0.717) is 26.2 Å². The zero-order valence-corrected chi connectivity index (χ0v) is 20.4. The minimum Gasteiger partial charge on any atom is -0.474 e. The van der Waals surface area contributed by atoms with Crippen molar-refractivity contribution in [3.63, 3.8) is 0 Å². The third-order valence-electron chi connectivity index (χ3n) is 6.74. The molecular weight excluding hydrogens is 469 g/mol. The molecule has 34 heavy (non-hydrogen) atoms. The molecule has 9 heteroatoms. The van der Waals surface area contributed by atoms with Crippen LogP contribution < -0.4 is 15.0 Å². The fourth-order valence-electron chi connectivity index (χ4n) is 5.24. The Morgan fingerprint density at radius 1 is 1.00 bits per heavy atom. The number of amides is 1. The lowest BCUT2D eigenvalue weighted by Crippen LogP contribution is -2.62. The largest absolute Gasteiger partial charge is 0.474 e. The van der Waals surface area contributed by atoms with Gasteiger partial charge in [0.1, 0.15) is 6.17 Å². The van der Waals surface area contributed by atoms with Crippen LogP contribution in [0.3, 0.4) is 0 Å². The molecule has 0 spiro atoms. The molecule has 6 rings (SSSR count). The molecule has 0 aliphatic carbocycles. The van der Waals surface area contributed by atoms with E-state index < -0.39 is 0 Å². The molecule has 174 valence electrons. The predicted octanol–water partition coefficient (Wildman–Crippen LogP) is 3.55. The summed E-state index contributed by atoms with van der Waals surface area (Å²) in [6.45, 7) is 1.46. The predicted molar refractivity (Wildman–Crippen MR) is 134 cm³/mol. The van der Waals surface area contributed by atoms with E-state index >= 15 is 0 Å². The van der Waals surface area contributed by atoms with Gasteiger partial charge in [-0.3, -0.25) is 19.3 Å². The fraction of sp³-hybridized carbons (Fsp3) is 0.280. The highest BCUT2D eigenvalue weighted by Crippen LogP contribution is 2.44. The number of fused-ring (bicyclic) bond motifs is 4. The van der Waals surface area contributed by atoms with Crippen LogP contribution in [0, 0.1) is 0 Å². The van der Waals surface area contributed by atoms with Crippen molar-refractivity contribution in [1.29, 1.82) is 0 Å². The van der Waals surface area contributed by atoms with Gasteiger partial charge in [-0.1, -0.05) is 42.5 Å². The third-order valence-corrected chi connectivity index (χ3v) is 8.11. The van der Waals surface area contributed by atoms with Gasteiger partial charge < -0.3 is 14.2 Å². The number of rotatable bonds is 2. The van der Waals surface area contributed by atoms with Crippen molar-refractivity contribution >= 4 is 27.1 Å². The first-order valence-corrected chi connectivity index (χ1v) is 12.7. The van der Waals surface area contributed by atoms with Gasteiger partial charge in [-0.2, -0.15) is 0 Å². The van der Waals surface area contributed by atoms with E-state index in [-0.39, 0.29) is 35.0 Å². The minimum atomic E-state index is -0.323. The first-order valence-electron chi connectivity index (χ1n) is 11.3. The summed E-state index contributed by atoms with van der Waals surface area (Å²) in [6.07, 6.45) is 2.12. The van der Waals surface area contributed by atoms with Crippen molar-refractivity contribution in [2.24, 2.45) is 0 Å². The molecule has 3 atom stereocenters.